The van der Waals surface area contributed by atoms with Gasteiger partial charge in [0.2, 0.25) is 0 Å². The molecule has 3 nitrogen and oxygen atoms in total. The predicted octanol–water partition coefficient (Wildman–Crippen LogP) is 2.53. The highest BCUT2D eigenvalue weighted by molar-refractivity contribution is 5.23. The number of rotatable bonds is 6. The first-order valence-corrected chi connectivity index (χ1v) is 6.86. The van der Waals surface area contributed by atoms with Gasteiger partial charge in [0.05, 0.1) is 0 Å². The van der Waals surface area contributed by atoms with E-state index in [1.807, 2.05) is 24.1 Å². The van der Waals surface area contributed by atoms with E-state index in [-0.39, 0.29) is 12.6 Å². The minimum absolute atomic E-state index is 0.229. The van der Waals surface area contributed by atoms with Gasteiger partial charge in [-0.15, -0.1) is 0 Å². The maximum atomic E-state index is 13.9. The molecule has 0 bridgehead atoms. The summed E-state index contributed by atoms with van der Waals surface area (Å²) in [5, 5.41) is 0. The molecule has 0 aliphatic rings. The van der Waals surface area contributed by atoms with Crippen molar-refractivity contribution in [1.82, 2.24) is 9.88 Å². The molecular weight excluding hydrogens is 272 g/mol. The van der Waals surface area contributed by atoms with Crippen LogP contribution in [0.1, 0.15) is 17.2 Å². The lowest BCUT2D eigenvalue weighted by Crippen LogP contribution is -2.33. The first kappa shape index (κ1) is 15.5. The number of pyridine rings is 1. The number of halogens is 2. The van der Waals surface area contributed by atoms with Crippen molar-refractivity contribution < 1.29 is 8.78 Å². The van der Waals surface area contributed by atoms with Crippen molar-refractivity contribution in [3.8, 4) is 0 Å². The zero-order valence-electron chi connectivity index (χ0n) is 12.0. The molecular formula is C16H19F2N3. The van der Waals surface area contributed by atoms with Crippen LogP contribution in [0.2, 0.25) is 0 Å². The summed E-state index contributed by atoms with van der Waals surface area (Å²) >= 11 is 0. The molecule has 0 radical (unpaired) electrons. The second-order valence-electron chi connectivity index (χ2n) is 4.98. The summed E-state index contributed by atoms with van der Waals surface area (Å²) in [6.07, 6.45) is 4.27. The molecule has 1 unspecified atom stereocenters. The van der Waals surface area contributed by atoms with Crippen molar-refractivity contribution in [2.45, 2.75) is 12.5 Å². The molecule has 112 valence electrons. The zero-order chi connectivity index (χ0) is 15.2. The summed E-state index contributed by atoms with van der Waals surface area (Å²) in [7, 11) is 1.86. The molecule has 1 aromatic carbocycles. The fraction of sp³-hybridized carbons (Fsp3) is 0.312. The number of nitrogens with two attached hydrogens (primary N) is 1. The summed E-state index contributed by atoms with van der Waals surface area (Å²) in [5.41, 5.74) is 7.20. The van der Waals surface area contributed by atoms with Crippen LogP contribution in [0, 0.1) is 11.6 Å². The Hall–Kier alpha value is -1.85. The highest BCUT2D eigenvalue weighted by atomic mass is 19.2. The number of nitrogens with zero attached hydrogens (tertiary/aromatic N) is 2. The monoisotopic (exact) mass is 291 g/mol. The van der Waals surface area contributed by atoms with Crippen molar-refractivity contribution in [2.75, 3.05) is 20.1 Å². The van der Waals surface area contributed by atoms with E-state index >= 15 is 0 Å². The van der Waals surface area contributed by atoms with E-state index in [1.165, 1.54) is 6.07 Å². The molecule has 0 saturated heterocycles. The van der Waals surface area contributed by atoms with Crippen LogP contribution in [0.3, 0.4) is 0 Å². The zero-order valence-corrected chi connectivity index (χ0v) is 12.0. The van der Waals surface area contributed by atoms with Crippen molar-refractivity contribution in [3.05, 3.63) is 65.5 Å². The lowest BCUT2D eigenvalue weighted by molar-refractivity contribution is 0.246. The second-order valence-corrected chi connectivity index (χ2v) is 4.98. The van der Waals surface area contributed by atoms with Gasteiger partial charge < -0.3 is 5.73 Å². The number of hydrogen-bond donors (Lipinski definition) is 1. The van der Waals surface area contributed by atoms with Gasteiger partial charge in [-0.05, 0) is 37.2 Å². The van der Waals surface area contributed by atoms with Crippen LogP contribution in [0.25, 0.3) is 0 Å². The summed E-state index contributed by atoms with van der Waals surface area (Å²) in [6, 6.07) is 7.74. The van der Waals surface area contributed by atoms with Gasteiger partial charge in [-0.1, -0.05) is 12.1 Å². The Bertz CT molecular complexity index is 575. The van der Waals surface area contributed by atoms with E-state index in [0.717, 1.165) is 18.1 Å². The van der Waals surface area contributed by atoms with Crippen molar-refractivity contribution in [1.29, 1.82) is 0 Å². The van der Waals surface area contributed by atoms with E-state index in [9.17, 15) is 8.78 Å². The van der Waals surface area contributed by atoms with E-state index in [4.69, 9.17) is 5.73 Å². The molecule has 5 heteroatoms. The summed E-state index contributed by atoms with van der Waals surface area (Å²) in [5.74, 6) is -1.66. The maximum absolute atomic E-state index is 13.9. The van der Waals surface area contributed by atoms with Gasteiger partial charge in [0.1, 0.15) is 0 Å². The normalized spacial score (nSPS) is 12.6. The molecule has 0 saturated carbocycles. The van der Waals surface area contributed by atoms with Gasteiger partial charge in [-0.2, -0.15) is 0 Å². The van der Waals surface area contributed by atoms with Crippen LogP contribution < -0.4 is 5.73 Å². The molecule has 1 aromatic heterocycles. The Morgan fingerprint density at radius 2 is 1.90 bits per heavy atom. The van der Waals surface area contributed by atoms with Crippen LogP contribution in [-0.4, -0.2) is 30.0 Å². The Morgan fingerprint density at radius 3 is 2.57 bits per heavy atom. The maximum Gasteiger partial charge on any atom is 0.163 e. The van der Waals surface area contributed by atoms with Crippen LogP contribution in [0.15, 0.2) is 42.7 Å². The quantitative estimate of drug-likeness (QED) is 0.889. The van der Waals surface area contributed by atoms with Crippen LogP contribution >= 0.6 is 0 Å². The van der Waals surface area contributed by atoms with E-state index in [2.05, 4.69) is 4.98 Å². The van der Waals surface area contributed by atoms with Crippen LogP contribution in [0.4, 0.5) is 8.78 Å². The molecule has 2 rings (SSSR count). The lowest BCUT2D eigenvalue weighted by Gasteiger charge is -2.27. The van der Waals surface area contributed by atoms with Crippen molar-refractivity contribution >= 4 is 0 Å². The third-order valence-electron chi connectivity index (χ3n) is 3.60. The SMILES string of the molecule is CN(CCc1ccncc1)C(CN)c1cccc(F)c1F. The van der Waals surface area contributed by atoms with Gasteiger partial charge in [0, 0.05) is 37.1 Å². The number of aromatic nitrogens is 1. The minimum atomic E-state index is -0.839. The average Bonchev–Trinajstić information content (AvgIpc) is 2.51. The first-order valence-electron chi connectivity index (χ1n) is 6.86. The Balaban J connectivity index is 2.08. The summed E-state index contributed by atoms with van der Waals surface area (Å²) in [4.78, 5) is 5.91. The lowest BCUT2D eigenvalue weighted by atomic mass is 10.0. The minimum Gasteiger partial charge on any atom is -0.329 e. The third kappa shape index (κ3) is 3.83. The molecule has 2 aromatic rings. The molecule has 2 N–H and O–H groups in total. The molecule has 0 aliphatic heterocycles. The van der Waals surface area contributed by atoms with Crippen LogP contribution in [-0.2, 0) is 6.42 Å². The third-order valence-corrected chi connectivity index (χ3v) is 3.60. The Kier molecular flexibility index (Phi) is 5.36. The van der Waals surface area contributed by atoms with Crippen molar-refractivity contribution in [2.24, 2.45) is 5.73 Å². The largest absolute Gasteiger partial charge is 0.329 e. The van der Waals surface area contributed by atoms with Gasteiger partial charge in [0.15, 0.2) is 11.6 Å². The standard InChI is InChI=1S/C16H19F2N3/c1-21(10-7-12-5-8-20-9-6-12)15(11-19)13-3-2-4-14(17)16(13)18/h2-6,8-9,15H,7,10-11,19H2,1H3. The fourth-order valence-electron chi connectivity index (χ4n) is 2.33. The van der Waals surface area contributed by atoms with Crippen LogP contribution in [0.5, 0.6) is 0 Å². The Labute approximate surface area is 123 Å². The van der Waals surface area contributed by atoms with Gasteiger partial charge in [0.25, 0.3) is 0 Å². The molecule has 0 amide bonds. The number of hydrogen-bond acceptors (Lipinski definition) is 3. The second kappa shape index (κ2) is 7.24. The molecule has 1 heterocycles. The highest BCUT2D eigenvalue weighted by Gasteiger charge is 2.20. The first-order chi connectivity index (χ1) is 10.1. The van der Waals surface area contributed by atoms with Crippen molar-refractivity contribution in [3.63, 3.8) is 0 Å². The predicted molar refractivity (Wildman–Crippen MR) is 78.7 cm³/mol. The Morgan fingerprint density at radius 1 is 1.19 bits per heavy atom. The average molecular weight is 291 g/mol. The topological polar surface area (TPSA) is 42.2 Å². The molecule has 0 fully saturated rings. The number of benzene rings is 1. The molecule has 21 heavy (non-hydrogen) atoms. The number of likely N-dealkylation sites (N-methyl/N-ethyl adjacent to an activating group) is 1. The smallest absolute Gasteiger partial charge is 0.163 e. The van der Waals surface area contributed by atoms with Gasteiger partial charge in [-0.3, -0.25) is 9.88 Å². The van der Waals surface area contributed by atoms with E-state index < -0.39 is 11.6 Å². The highest BCUT2D eigenvalue weighted by Crippen LogP contribution is 2.23. The fourth-order valence-corrected chi connectivity index (χ4v) is 2.33. The summed E-state index contributed by atoms with van der Waals surface area (Å²) < 4.78 is 27.2. The molecule has 1 atom stereocenters. The van der Waals surface area contributed by atoms with Gasteiger partial charge >= 0.3 is 0 Å². The molecule has 0 aliphatic carbocycles. The van der Waals surface area contributed by atoms with Gasteiger partial charge in [-0.25, -0.2) is 8.78 Å². The summed E-state index contributed by atoms with van der Waals surface area (Å²) in [6.45, 7) is 0.926. The van der Waals surface area contributed by atoms with E-state index in [1.54, 1.807) is 18.5 Å². The van der Waals surface area contributed by atoms with E-state index in [0.29, 0.717) is 12.1 Å². The molecule has 0 spiro atoms.